The van der Waals surface area contributed by atoms with Crippen LogP contribution in [0.5, 0.6) is 11.5 Å². The Morgan fingerprint density at radius 1 is 1.14 bits per heavy atom. The summed E-state index contributed by atoms with van der Waals surface area (Å²) in [5, 5.41) is 3.11. The van der Waals surface area contributed by atoms with Crippen LogP contribution in [0.25, 0.3) is 0 Å². The number of hydrogen-bond acceptors (Lipinski definition) is 4. The number of amides is 1. The second-order valence-corrected chi connectivity index (χ2v) is 6.34. The van der Waals surface area contributed by atoms with Crippen molar-refractivity contribution in [1.29, 1.82) is 0 Å². The molecule has 1 aromatic carbocycles. The molecule has 1 amide bonds. The van der Waals surface area contributed by atoms with E-state index >= 15 is 0 Å². The van der Waals surface area contributed by atoms with Gasteiger partial charge in [0.05, 0.1) is 6.10 Å². The van der Waals surface area contributed by atoms with E-state index < -0.39 is 6.10 Å². The molecule has 4 rings (SSSR count). The molecule has 5 heteroatoms. The number of carbonyl (C=O) groups excluding carboxylic acids is 1. The molecule has 0 aromatic heterocycles. The van der Waals surface area contributed by atoms with E-state index in [4.69, 9.17) is 14.2 Å². The topological polar surface area (TPSA) is 56.8 Å². The molecule has 1 aromatic rings. The third-order valence-corrected chi connectivity index (χ3v) is 4.61. The zero-order valence-electron chi connectivity index (χ0n) is 12.5. The maximum atomic E-state index is 12.4. The van der Waals surface area contributed by atoms with Crippen molar-refractivity contribution in [1.82, 2.24) is 5.32 Å². The van der Waals surface area contributed by atoms with Crippen LogP contribution in [0, 0.1) is 5.92 Å². The van der Waals surface area contributed by atoms with Gasteiger partial charge < -0.3 is 19.5 Å². The van der Waals surface area contributed by atoms with Crippen molar-refractivity contribution < 1.29 is 19.0 Å². The summed E-state index contributed by atoms with van der Waals surface area (Å²) in [5.74, 6) is 1.96. The number of rotatable bonds is 3. The second kappa shape index (κ2) is 5.80. The summed E-state index contributed by atoms with van der Waals surface area (Å²) in [6.45, 7) is 0.995. The van der Waals surface area contributed by atoms with Crippen molar-refractivity contribution in [2.45, 2.75) is 43.9 Å². The Morgan fingerprint density at radius 2 is 1.95 bits per heavy atom. The van der Waals surface area contributed by atoms with Gasteiger partial charge in [-0.15, -0.1) is 0 Å². The van der Waals surface area contributed by atoms with E-state index in [0.29, 0.717) is 23.5 Å². The van der Waals surface area contributed by atoms with Crippen molar-refractivity contribution in [2.75, 3.05) is 13.2 Å². The van der Waals surface area contributed by atoms with E-state index in [1.807, 2.05) is 24.3 Å². The van der Waals surface area contributed by atoms with Crippen LogP contribution >= 0.6 is 0 Å². The van der Waals surface area contributed by atoms with Crippen molar-refractivity contribution in [3.8, 4) is 11.5 Å². The van der Waals surface area contributed by atoms with Gasteiger partial charge in [-0.05, 0) is 43.7 Å². The zero-order chi connectivity index (χ0) is 14.9. The van der Waals surface area contributed by atoms with E-state index in [2.05, 4.69) is 5.32 Å². The van der Waals surface area contributed by atoms with Crippen LogP contribution in [-0.4, -0.2) is 37.4 Å². The van der Waals surface area contributed by atoms with Gasteiger partial charge in [0.15, 0.2) is 11.5 Å². The highest BCUT2D eigenvalue weighted by Gasteiger charge is 2.37. The first-order chi connectivity index (χ1) is 10.8. The molecule has 1 aliphatic carbocycles. The van der Waals surface area contributed by atoms with Gasteiger partial charge in [-0.25, -0.2) is 0 Å². The van der Waals surface area contributed by atoms with Gasteiger partial charge in [0.2, 0.25) is 6.10 Å². The first-order valence-corrected chi connectivity index (χ1v) is 8.10. The minimum Gasteiger partial charge on any atom is -0.485 e. The summed E-state index contributed by atoms with van der Waals surface area (Å²) >= 11 is 0. The van der Waals surface area contributed by atoms with Crippen LogP contribution < -0.4 is 14.8 Å². The van der Waals surface area contributed by atoms with Crippen LogP contribution in [0.4, 0.5) is 0 Å². The van der Waals surface area contributed by atoms with Crippen LogP contribution in [0.15, 0.2) is 24.3 Å². The van der Waals surface area contributed by atoms with E-state index in [9.17, 15) is 4.79 Å². The van der Waals surface area contributed by atoms with E-state index in [1.54, 1.807) is 0 Å². The van der Waals surface area contributed by atoms with E-state index in [1.165, 1.54) is 12.8 Å². The Bertz CT molecular complexity index is 557. The number of benzene rings is 1. The van der Waals surface area contributed by atoms with Crippen LogP contribution in [-0.2, 0) is 9.53 Å². The molecular formula is C17H21NO4. The van der Waals surface area contributed by atoms with Gasteiger partial charge in [0, 0.05) is 12.6 Å². The number of nitrogens with one attached hydrogen (secondary N) is 1. The van der Waals surface area contributed by atoms with Crippen LogP contribution in [0.2, 0.25) is 0 Å². The minimum absolute atomic E-state index is 0.0871. The summed E-state index contributed by atoms with van der Waals surface area (Å²) in [7, 11) is 0. The molecule has 0 bridgehead atoms. The predicted molar refractivity (Wildman–Crippen MR) is 80.0 cm³/mol. The monoisotopic (exact) mass is 303 g/mol. The third-order valence-electron chi connectivity index (χ3n) is 4.61. The van der Waals surface area contributed by atoms with E-state index in [-0.39, 0.29) is 18.6 Å². The molecule has 0 radical (unpaired) electrons. The normalized spacial score (nSPS) is 30.6. The third kappa shape index (κ3) is 2.90. The molecule has 1 saturated carbocycles. The number of ether oxygens (including phenoxy) is 3. The largest absolute Gasteiger partial charge is 0.485 e. The van der Waals surface area contributed by atoms with Gasteiger partial charge in [-0.3, -0.25) is 4.79 Å². The molecule has 1 N–H and O–H groups in total. The average Bonchev–Trinajstić information content (AvgIpc) is 3.39. The fourth-order valence-corrected chi connectivity index (χ4v) is 3.20. The quantitative estimate of drug-likeness (QED) is 0.926. The summed E-state index contributed by atoms with van der Waals surface area (Å²) < 4.78 is 17.2. The molecule has 22 heavy (non-hydrogen) atoms. The van der Waals surface area contributed by atoms with E-state index in [0.717, 1.165) is 19.4 Å². The SMILES string of the molecule is O=C(N[C@@H]1CCO[C@@H](C2CC2)C1)[C@@H]1COc2ccccc2O1. The first-order valence-electron chi connectivity index (χ1n) is 8.10. The lowest BCUT2D eigenvalue weighted by Gasteiger charge is -2.32. The van der Waals surface area contributed by atoms with Gasteiger partial charge in [0.1, 0.15) is 6.61 Å². The Kier molecular flexibility index (Phi) is 3.66. The van der Waals surface area contributed by atoms with Crippen molar-refractivity contribution in [3.05, 3.63) is 24.3 Å². The molecule has 1 saturated heterocycles. The van der Waals surface area contributed by atoms with Gasteiger partial charge >= 0.3 is 0 Å². The number of hydrogen-bond donors (Lipinski definition) is 1. The lowest BCUT2D eigenvalue weighted by atomic mass is 10.00. The summed E-state index contributed by atoms with van der Waals surface area (Å²) in [6.07, 6.45) is 4.07. The maximum Gasteiger partial charge on any atom is 0.264 e. The average molecular weight is 303 g/mol. The summed E-state index contributed by atoms with van der Waals surface area (Å²) in [4.78, 5) is 12.4. The molecular weight excluding hydrogens is 282 g/mol. The Balaban J connectivity index is 1.34. The smallest absolute Gasteiger partial charge is 0.264 e. The van der Waals surface area contributed by atoms with Gasteiger partial charge in [-0.1, -0.05) is 12.1 Å². The first kappa shape index (κ1) is 13.9. The number of fused-ring (bicyclic) bond motifs is 1. The predicted octanol–water partition coefficient (Wildman–Crippen LogP) is 1.90. The molecule has 2 fully saturated rings. The Morgan fingerprint density at radius 3 is 2.77 bits per heavy atom. The highest BCUT2D eigenvalue weighted by Crippen LogP contribution is 2.38. The fourth-order valence-electron chi connectivity index (χ4n) is 3.20. The Hall–Kier alpha value is -1.75. The molecule has 0 spiro atoms. The molecule has 118 valence electrons. The van der Waals surface area contributed by atoms with Gasteiger partial charge in [0.25, 0.3) is 5.91 Å². The van der Waals surface area contributed by atoms with Crippen LogP contribution in [0.1, 0.15) is 25.7 Å². The zero-order valence-corrected chi connectivity index (χ0v) is 12.5. The highest BCUT2D eigenvalue weighted by molar-refractivity contribution is 5.82. The number of carbonyl (C=O) groups is 1. The standard InChI is InChI=1S/C17H21NO4/c19-17(16-10-21-13-3-1-2-4-14(13)22-16)18-12-7-8-20-15(9-12)11-5-6-11/h1-4,11-12,15-16H,5-10H2,(H,18,19)/t12-,15-,16+/m1/s1. The maximum absolute atomic E-state index is 12.4. The molecule has 0 unspecified atom stereocenters. The van der Waals surface area contributed by atoms with Crippen molar-refractivity contribution in [3.63, 3.8) is 0 Å². The molecule has 2 heterocycles. The minimum atomic E-state index is -0.572. The second-order valence-electron chi connectivity index (χ2n) is 6.34. The highest BCUT2D eigenvalue weighted by atomic mass is 16.6. The molecule has 3 atom stereocenters. The fraction of sp³-hybridized carbons (Fsp3) is 0.588. The van der Waals surface area contributed by atoms with Gasteiger partial charge in [-0.2, -0.15) is 0 Å². The lowest BCUT2D eigenvalue weighted by Crippen LogP contribution is -2.50. The van der Waals surface area contributed by atoms with Crippen LogP contribution in [0.3, 0.4) is 0 Å². The summed E-state index contributed by atoms with van der Waals surface area (Å²) in [5.41, 5.74) is 0. The van der Waals surface area contributed by atoms with Crippen molar-refractivity contribution >= 4 is 5.91 Å². The molecule has 3 aliphatic rings. The number of para-hydroxylation sites is 2. The molecule has 5 nitrogen and oxygen atoms in total. The summed E-state index contributed by atoms with van der Waals surface area (Å²) in [6, 6.07) is 7.63. The Labute approximate surface area is 129 Å². The lowest BCUT2D eigenvalue weighted by molar-refractivity contribution is -0.132. The van der Waals surface area contributed by atoms with Crippen molar-refractivity contribution in [2.24, 2.45) is 5.92 Å². The molecule has 2 aliphatic heterocycles.